The average molecular weight is 272 g/mol. The van der Waals surface area contributed by atoms with Crippen molar-refractivity contribution in [2.75, 3.05) is 0 Å². The van der Waals surface area contributed by atoms with E-state index in [9.17, 15) is 9.59 Å². The van der Waals surface area contributed by atoms with Crippen LogP contribution in [0.2, 0.25) is 0 Å². The summed E-state index contributed by atoms with van der Waals surface area (Å²) in [5, 5.41) is 8.79. The van der Waals surface area contributed by atoms with Gasteiger partial charge in [0.2, 0.25) is 0 Å². The summed E-state index contributed by atoms with van der Waals surface area (Å²) in [7, 11) is 0. The van der Waals surface area contributed by atoms with Crippen LogP contribution in [0.15, 0.2) is 48.5 Å². The van der Waals surface area contributed by atoms with Gasteiger partial charge in [-0.2, -0.15) is 0 Å². The smallest absolute Gasteiger partial charge is 0.335 e. The lowest BCUT2D eigenvalue weighted by Gasteiger charge is -2.07. The SMILES string of the molecule is CC(=O)Oc1ccc(Oc2ccc(C(=O)O)cc2)cc1. The number of ether oxygens (including phenoxy) is 2. The molecule has 5 nitrogen and oxygen atoms in total. The molecule has 0 saturated heterocycles. The number of carbonyl (C=O) groups excluding carboxylic acids is 1. The lowest BCUT2D eigenvalue weighted by molar-refractivity contribution is -0.131. The number of aromatic carboxylic acids is 1. The van der Waals surface area contributed by atoms with Gasteiger partial charge in [0, 0.05) is 6.92 Å². The Morgan fingerprint density at radius 1 is 0.850 bits per heavy atom. The minimum absolute atomic E-state index is 0.197. The Morgan fingerprint density at radius 3 is 1.75 bits per heavy atom. The summed E-state index contributed by atoms with van der Waals surface area (Å²) in [5.41, 5.74) is 0.197. The van der Waals surface area contributed by atoms with Gasteiger partial charge in [0.1, 0.15) is 17.2 Å². The molecule has 2 aromatic rings. The molecule has 0 aliphatic heterocycles. The van der Waals surface area contributed by atoms with E-state index in [1.807, 2.05) is 0 Å². The Morgan fingerprint density at radius 2 is 1.30 bits per heavy atom. The molecule has 0 amide bonds. The zero-order chi connectivity index (χ0) is 14.5. The molecule has 20 heavy (non-hydrogen) atoms. The highest BCUT2D eigenvalue weighted by Gasteiger charge is 2.03. The van der Waals surface area contributed by atoms with Crippen LogP contribution in [0.25, 0.3) is 0 Å². The van der Waals surface area contributed by atoms with Gasteiger partial charge in [-0.15, -0.1) is 0 Å². The molecule has 0 unspecified atom stereocenters. The third-order valence-corrected chi connectivity index (χ3v) is 2.42. The molecule has 5 heteroatoms. The maximum absolute atomic E-state index is 10.8. The number of rotatable bonds is 4. The predicted molar refractivity (Wildman–Crippen MR) is 71.2 cm³/mol. The van der Waals surface area contributed by atoms with Crippen LogP contribution < -0.4 is 9.47 Å². The molecule has 0 fully saturated rings. The first-order valence-corrected chi connectivity index (χ1v) is 5.84. The Hall–Kier alpha value is -2.82. The summed E-state index contributed by atoms with van der Waals surface area (Å²) in [6.07, 6.45) is 0. The summed E-state index contributed by atoms with van der Waals surface area (Å²) in [4.78, 5) is 21.5. The molecule has 0 saturated carbocycles. The Labute approximate surface area is 115 Å². The van der Waals surface area contributed by atoms with Crippen LogP contribution in [0.5, 0.6) is 17.2 Å². The van der Waals surface area contributed by atoms with Gasteiger partial charge in [-0.05, 0) is 48.5 Å². The zero-order valence-corrected chi connectivity index (χ0v) is 10.7. The van der Waals surface area contributed by atoms with Crippen LogP contribution in [0.4, 0.5) is 0 Å². The second kappa shape index (κ2) is 5.88. The molecule has 102 valence electrons. The van der Waals surface area contributed by atoms with Crippen molar-refractivity contribution in [2.45, 2.75) is 6.92 Å². The van der Waals surface area contributed by atoms with Crippen molar-refractivity contribution in [3.05, 3.63) is 54.1 Å². The molecule has 1 N–H and O–H groups in total. The summed E-state index contributed by atoms with van der Waals surface area (Å²) in [6, 6.07) is 12.6. The van der Waals surface area contributed by atoms with E-state index in [1.54, 1.807) is 36.4 Å². The van der Waals surface area contributed by atoms with E-state index in [4.69, 9.17) is 14.6 Å². The normalized spacial score (nSPS) is 9.85. The molecule has 0 radical (unpaired) electrons. The van der Waals surface area contributed by atoms with Crippen molar-refractivity contribution < 1.29 is 24.2 Å². The maximum Gasteiger partial charge on any atom is 0.335 e. The summed E-state index contributed by atoms with van der Waals surface area (Å²) in [5.74, 6) is 0.149. The number of carboxylic acid groups (broad SMARTS) is 1. The first kappa shape index (κ1) is 13.6. The minimum Gasteiger partial charge on any atom is -0.478 e. The second-order valence-electron chi connectivity index (χ2n) is 4.00. The van der Waals surface area contributed by atoms with Gasteiger partial charge in [0.05, 0.1) is 5.56 Å². The first-order valence-electron chi connectivity index (χ1n) is 5.84. The second-order valence-corrected chi connectivity index (χ2v) is 4.00. The summed E-state index contributed by atoms with van der Waals surface area (Å²) >= 11 is 0. The van der Waals surface area contributed by atoms with E-state index in [1.165, 1.54) is 19.1 Å². The van der Waals surface area contributed by atoms with Crippen LogP contribution in [0.3, 0.4) is 0 Å². The van der Waals surface area contributed by atoms with Crippen molar-refractivity contribution in [3.8, 4) is 17.2 Å². The number of benzene rings is 2. The van der Waals surface area contributed by atoms with Gasteiger partial charge >= 0.3 is 11.9 Å². The Bertz CT molecular complexity index is 614. The van der Waals surface area contributed by atoms with Gasteiger partial charge in [-0.25, -0.2) is 4.79 Å². The predicted octanol–water partition coefficient (Wildman–Crippen LogP) is 3.10. The Balaban J connectivity index is 2.06. The Kier molecular flexibility index (Phi) is 4.00. The van der Waals surface area contributed by atoms with Crippen LogP contribution in [-0.2, 0) is 4.79 Å². The topological polar surface area (TPSA) is 72.8 Å². The standard InChI is InChI=1S/C15H12O5/c1-10(16)19-12-6-8-14(9-7-12)20-13-4-2-11(3-5-13)15(17)18/h2-9H,1H3,(H,17,18). The van der Waals surface area contributed by atoms with E-state index in [2.05, 4.69) is 0 Å². The van der Waals surface area contributed by atoms with Gasteiger partial charge in [0.15, 0.2) is 0 Å². The van der Waals surface area contributed by atoms with E-state index >= 15 is 0 Å². The van der Waals surface area contributed by atoms with Gasteiger partial charge in [0.25, 0.3) is 0 Å². The molecular formula is C15H12O5. The van der Waals surface area contributed by atoms with E-state index in [0.29, 0.717) is 17.2 Å². The monoisotopic (exact) mass is 272 g/mol. The minimum atomic E-state index is -0.984. The molecule has 0 heterocycles. The zero-order valence-electron chi connectivity index (χ0n) is 10.7. The quantitative estimate of drug-likeness (QED) is 0.684. The number of carbonyl (C=O) groups is 2. The fourth-order valence-electron chi connectivity index (χ4n) is 1.54. The van der Waals surface area contributed by atoms with E-state index < -0.39 is 5.97 Å². The van der Waals surface area contributed by atoms with Crippen LogP contribution >= 0.6 is 0 Å². The van der Waals surface area contributed by atoms with E-state index in [0.717, 1.165) is 0 Å². The van der Waals surface area contributed by atoms with Crippen molar-refractivity contribution >= 4 is 11.9 Å². The maximum atomic E-state index is 10.8. The fraction of sp³-hybridized carbons (Fsp3) is 0.0667. The molecule has 0 atom stereocenters. The third-order valence-electron chi connectivity index (χ3n) is 2.42. The number of hydrogen-bond donors (Lipinski definition) is 1. The molecule has 2 rings (SSSR count). The number of hydrogen-bond acceptors (Lipinski definition) is 4. The summed E-state index contributed by atoms with van der Waals surface area (Å²) in [6.45, 7) is 1.33. The van der Waals surface area contributed by atoms with Crippen LogP contribution in [0, 0.1) is 0 Å². The van der Waals surface area contributed by atoms with E-state index in [-0.39, 0.29) is 11.5 Å². The molecule has 0 aliphatic carbocycles. The fourth-order valence-corrected chi connectivity index (χ4v) is 1.54. The molecule has 2 aromatic carbocycles. The summed E-state index contributed by atoms with van der Waals surface area (Å²) < 4.78 is 10.4. The van der Waals surface area contributed by atoms with Gasteiger partial charge in [-0.1, -0.05) is 0 Å². The highest BCUT2D eigenvalue weighted by Crippen LogP contribution is 2.24. The van der Waals surface area contributed by atoms with Crippen molar-refractivity contribution in [1.29, 1.82) is 0 Å². The van der Waals surface area contributed by atoms with Crippen molar-refractivity contribution in [1.82, 2.24) is 0 Å². The molecule has 0 bridgehead atoms. The van der Waals surface area contributed by atoms with Crippen LogP contribution in [0.1, 0.15) is 17.3 Å². The molecule has 0 aromatic heterocycles. The van der Waals surface area contributed by atoms with Gasteiger partial charge < -0.3 is 14.6 Å². The lowest BCUT2D eigenvalue weighted by atomic mass is 10.2. The third kappa shape index (κ3) is 3.58. The largest absolute Gasteiger partial charge is 0.478 e. The molecule has 0 spiro atoms. The van der Waals surface area contributed by atoms with Gasteiger partial charge in [-0.3, -0.25) is 4.79 Å². The van der Waals surface area contributed by atoms with Crippen molar-refractivity contribution in [2.24, 2.45) is 0 Å². The lowest BCUT2D eigenvalue weighted by Crippen LogP contribution is -2.00. The molecule has 0 aliphatic rings. The number of carboxylic acids is 1. The van der Waals surface area contributed by atoms with Crippen LogP contribution in [-0.4, -0.2) is 17.0 Å². The highest BCUT2D eigenvalue weighted by molar-refractivity contribution is 5.87. The highest BCUT2D eigenvalue weighted by atomic mass is 16.5. The molecular weight excluding hydrogens is 260 g/mol. The first-order chi connectivity index (χ1) is 9.54. The average Bonchev–Trinajstić information content (AvgIpc) is 2.41. The number of esters is 1. The van der Waals surface area contributed by atoms with Crippen molar-refractivity contribution in [3.63, 3.8) is 0 Å².